The standard InChI is InChI=1S/C15H19N5O/c1-3-11-6-5-7-17-12(11)8-20-15(21)13-9-19-14(10-18-13)16-4-2/h5-7,9-10H,3-4,8H2,1-2H3,(H,16,19)(H,20,21). The molecular formula is C15H19N5O. The Balaban J connectivity index is 1.98. The molecule has 2 N–H and O–H groups in total. The molecular weight excluding hydrogens is 266 g/mol. The molecule has 0 aromatic carbocycles. The largest absolute Gasteiger partial charge is 0.369 e. The molecule has 2 aromatic rings. The molecule has 2 heterocycles. The van der Waals surface area contributed by atoms with Crippen molar-refractivity contribution in [2.24, 2.45) is 0 Å². The normalized spacial score (nSPS) is 10.2. The molecule has 0 spiro atoms. The van der Waals surface area contributed by atoms with E-state index in [4.69, 9.17) is 0 Å². The van der Waals surface area contributed by atoms with E-state index in [0.29, 0.717) is 18.1 Å². The van der Waals surface area contributed by atoms with Gasteiger partial charge in [-0.25, -0.2) is 9.97 Å². The number of aromatic nitrogens is 3. The second kappa shape index (κ2) is 7.33. The summed E-state index contributed by atoms with van der Waals surface area (Å²) in [4.78, 5) is 24.5. The molecule has 0 bridgehead atoms. The van der Waals surface area contributed by atoms with Crippen molar-refractivity contribution in [1.29, 1.82) is 0 Å². The van der Waals surface area contributed by atoms with E-state index in [2.05, 4.69) is 32.5 Å². The Morgan fingerprint density at radius 3 is 2.71 bits per heavy atom. The number of amides is 1. The summed E-state index contributed by atoms with van der Waals surface area (Å²) in [5, 5.41) is 5.85. The van der Waals surface area contributed by atoms with Crippen LogP contribution in [0.3, 0.4) is 0 Å². The van der Waals surface area contributed by atoms with Crippen LogP contribution in [0, 0.1) is 0 Å². The average Bonchev–Trinajstić information content (AvgIpc) is 2.54. The highest BCUT2D eigenvalue weighted by molar-refractivity contribution is 5.91. The SMILES string of the molecule is CCNc1cnc(C(=O)NCc2ncccc2CC)cn1. The van der Waals surface area contributed by atoms with E-state index in [-0.39, 0.29) is 5.91 Å². The van der Waals surface area contributed by atoms with E-state index in [1.807, 2.05) is 19.1 Å². The van der Waals surface area contributed by atoms with Crippen molar-refractivity contribution in [3.8, 4) is 0 Å². The highest BCUT2D eigenvalue weighted by atomic mass is 16.1. The summed E-state index contributed by atoms with van der Waals surface area (Å²) in [6.45, 7) is 5.19. The minimum Gasteiger partial charge on any atom is -0.369 e. The van der Waals surface area contributed by atoms with Crippen LogP contribution in [0.4, 0.5) is 5.82 Å². The van der Waals surface area contributed by atoms with Gasteiger partial charge >= 0.3 is 0 Å². The van der Waals surface area contributed by atoms with Crippen LogP contribution in [-0.2, 0) is 13.0 Å². The molecule has 0 fully saturated rings. The predicted octanol–water partition coefficient (Wildman–Crippen LogP) is 1.80. The van der Waals surface area contributed by atoms with Gasteiger partial charge in [-0.2, -0.15) is 0 Å². The van der Waals surface area contributed by atoms with Gasteiger partial charge < -0.3 is 10.6 Å². The summed E-state index contributed by atoms with van der Waals surface area (Å²) in [5.41, 5.74) is 2.31. The number of aryl methyl sites for hydroxylation is 1. The zero-order valence-corrected chi connectivity index (χ0v) is 12.3. The van der Waals surface area contributed by atoms with Crippen molar-refractivity contribution < 1.29 is 4.79 Å². The van der Waals surface area contributed by atoms with Crippen LogP contribution in [-0.4, -0.2) is 27.4 Å². The van der Waals surface area contributed by atoms with Gasteiger partial charge in [0, 0.05) is 12.7 Å². The number of pyridine rings is 1. The third-order valence-electron chi connectivity index (χ3n) is 3.02. The van der Waals surface area contributed by atoms with Gasteiger partial charge in [0.25, 0.3) is 5.91 Å². The van der Waals surface area contributed by atoms with Gasteiger partial charge in [0.15, 0.2) is 0 Å². The Labute approximate surface area is 124 Å². The zero-order valence-electron chi connectivity index (χ0n) is 12.3. The number of nitrogens with zero attached hydrogens (tertiary/aromatic N) is 3. The fourth-order valence-electron chi connectivity index (χ4n) is 1.92. The average molecular weight is 285 g/mol. The van der Waals surface area contributed by atoms with Crippen molar-refractivity contribution in [3.05, 3.63) is 47.7 Å². The first-order valence-electron chi connectivity index (χ1n) is 7.01. The maximum atomic E-state index is 12.0. The van der Waals surface area contributed by atoms with Gasteiger partial charge in [0.1, 0.15) is 11.5 Å². The maximum absolute atomic E-state index is 12.0. The molecule has 2 aromatic heterocycles. The Morgan fingerprint density at radius 1 is 1.19 bits per heavy atom. The molecule has 2 rings (SSSR count). The van der Waals surface area contributed by atoms with Gasteiger partial charge in [-0.05, 0) is 25.0 Å². The third kappa shape index (κ3) is 3.98. The van der Waals surface area contributed by atoms with Crippen LogP contribution >= 0.6 is 0 Å². The second-order valence-corrected chi connectivity index (χ2v) is 4.46. The fourth-order valence-corrected chi connectivity index (χ4v) is 1.92. The molecule has 110 valence electrons. The number of hydrogen-bond acceptors (Lipinski definition) is 5. The Kier molecular flexibility index (Phi) is 5.20. The molecule has 0 saturated carbocycles. The summed E-state index contributed by atoms with van der Waals surface area (Å²) in [5.74, 6) is 0.408. The monoisotopic (exact) mass is 285 g/mol. The van der Waals surface area contributed by atoms with Crippen LogP contribution in [0.1, 0.15) is 35.6 Å². The maximum Gasteiger partial charge on any atom is 0.271 e. The van der Waals surface area contributed by atoms with Gasteiger partial charge in [0.2, 0.25) is 0 Å². The Morgan fingerprint density at radius 2 is 2.05 bits per heavy atom. The van der Waals surface area contributed by atoms with E-state index in [1.54, 1.807) is 12.4 Å². The predicted molar refractivity (Wildman–Crippen MR) is 81.0 cm³/mol. The van der Waals surface area contributed by atoms with Crippen LogP contribution in [0.15, 0.2) is 30.7 Å². The third-order valence-corrected chi connectivity index (χ3v) is 3.02. The summed E-state index contributed by atoms with van der Waals surface area (Å²) in [6, 6.07) is 3.91. The molecule has 0 radical (unpaired) electrons. The molecule has 0 aliphatic rings. The number of rotatable bonds is 6. The number of carbonyl (C=O) groups is 1. The molecule has 0 saturated heterocycles. The molecule has 0 unspecified atom stereocenters. The number of carbonyl (C=O) groups excluding carboxylic acids is 1. The molecule has 21 heavy (non-hydrogen) atoms. The molecule has 1 amide bonds. The van der Waals surface area contributed by atoms with E-state index >= 15 is 0 Å². The Bertz CT molecular complexity index is 597. The first-order chi connectivity index (χ1) is 10.2. The summed E-state index contributed by atoms with van der Waals surface area (Å²) < 4.78 is 0. The lowest BCUT2D eigenvalue weighted by atomic mass is 10.1. The van der Waals surface area contributed by atoms with E-state index in [0.717, 1.165) is 24.2 Å². The van der Waals surface area contributed by atoms with Gasteiger partial charge in [0.05, 0.1) is 24.6 Å². The summed E-state index contributed by atoms with van der Waals surface area (Å²) in [7, 11) is 0. The molecule has 0 atom stereocenters. The zero-order chi connectivity index (χ0) is 15.1. The lowest BCUT2D eigenvalue weighted by molar-refractivity contribution is 0.0945. The minimum atomic E-state index is -0.252. The van der Waals surface area contributed by atoms with Crippen LogP contribution in [0.25, 0.3) is 0 Å². The molecule has 0 aliphatic heterocycles. The van der Waals surface area contributed by atoms with Crippen LogP contribution in [0.2, 0.25) is 0 Å². The second-order valence-electron chi connectivity index (χ2n) is 4.46. The first-order valence-corrected chi connectivity index (χ1v) is 7.01. The topological polar surface area (TPSA) is 79.8 Å². The van der Waals surface area contributed by atoms with E-state index in [9.17, 15) is 4.79 Å². The number of nitrogens with one attached hydrogen (secondary N) is 2. The lowest BCUT2D eigenvalue weighted by Crippen LogP contribution is -2.25. The van der Waals surface area contributed by atoms with Gasteiger partial charge in [-0.3, -0.25) is 9.78 Å². The van der Waals surface area contributed by atoms with Crippen LogP contribution < -0.4 is 10.6 Å². The van der Waals surface area contributed by atoms with E-state index < -0.39 is 0 Å². The van der Waals surface area contributed by atoms with Crippen molar-refractivity contribution in [2.45, 2.75) is 26.8 Å². The number of hydrogen-bond donors (Lipinski definition) is 2. The van der Waals surface area contributed by atoms with Crippen molar-refractivity contribution in [1.82, 2.24) is 20.3 Å². The molecule has 6 heteroatoms. The van der Waals surface area contributed by atoms with Crippen molar-refractivity contribution in [3.63, 3.8) is 0 Å². The van der Waals surface area contributed by atoms with Crippen LogP contribution in [0.5, 0.6) is 0 Å². The lowest BCUT2D eigenvalue weighted by Gasteiger charge is -2.08. The van der Waals surface area contributed by atoms with Gasteiger partial charge in [-0.15, -0.1) is 0 Å². The van der Waals surface area contributed by atoms with E-state index in [1.165, 1.54) is 6.20 Å². The van der Waals surface area contributed by atoms with Gasteiger partial charge in [-0.1, -0.05) is 13.0 Å². The fraction of sp³-hybridized carbons (Fsp3) is 0.333. The smallest absolute Gasteiger partial charge is 0.271 e. The molecule has 0 aliphatic carbocycles. The van der Waals surface area contributed by atoms with Crippen molar-refractivity contribution >= 4 is 11.7 Å². The summed E-state index contributed by atoms with van der Waals surface area (Å²) >= 11 is 0. The first kappa shape index (κ1) is 14.9. The van der Waals surface area contributed by atoms with Crippen molar-refractivity contribution in [2.75, 3.05) is 11.9 Å². The highest BCUT2D eigenvalue weighted by Gasteiger charge is 2.09. The molecule has 6 nitrogen and oxygen atoms in total. The summed E-state index contributed by atoms with van der Waals surface area (Å²) in [6.07, 6.45) is 5.63. The highest BCUT2D eigenvalue weighted by Crippen LogP contribution is 2.06. The number of anilines is 1. The minimum absolute atomic E-state index is 0.252. The quantitative estimate of drug-likeness (QED) is 0.846. The Hall–Kier alpha value is -2.50.